The van der Waals surface area contributed by atoms with E-state index in [2.05, 4.69) is 5.16 Å². The van der Waals surface area contributed by atoms with E-state index in [1.165, 1.54) is 0 Å². The number of para-hydroxylation sites is 1. The number of carbonyl (C=O) groups is 2. The van der Waals surface area contributed by atoms with Crippen LogP contribution in [0, 0.1) is 25.2 Å². The maximum Gasteiger partial charge on any atom is 0.307 e. The standard InChI is InChI=1S/C21H24N2O5/c1-13-16(14(2)28-22-13)12-27-18-6-4-3-5-15(18)19(24)23-9-7-21(8-10-23)11-17(21)20(25)26/h3-6,17H,7-12H2,1-2H3,(H,25,26). The molecule has 2 aromatic rings. The molecule has 1 aromatic carbocycles. The number of piperidine rings is 1. The predicted molar refractivity (Wildman–Crippen MR) is 100 cm³/mol. The fourth-order valence-corrected chi connectivity index (χ4v) is 4.20. The molecule has 2 aliphatic rings. The number of nitrogens with zero attached hydrogens (tertiary/aromatic N) is 2. The third-order valence-corrected chi connectivity index (χ3v) is 6.20. The zero-order chi connectivity index (χ0) is 19.9. The molecule has 2 fully saturated rings. The molecule has 1 saturated heterocycles. The number of carbonyl (C=O) groups excluding carboxylic acids is 1. The van der Waals surface area contributed by atoms with Crippen molar-refractivity contribution in [3.8, 4) is 5.75 Å². The van der Waals surface area contributed by atoms with E-state index in [0.717, 1.165) is 30.5 Å². The van der Waals surface area contributed by atoms with Crippen LogP contribution in [0.5, 0.6) is 5.75 Å². The smallest absolute Gasteiger partial charge is 0.307 e. The number of aryl methyl sites for hydroxylation is 2. The summed E-state index contributed by atoms with van der Waals surface area (Å²) in [6.45, 7) is 5.15. The molecule has 4 rings (SSSR count). The lowest BCUT2D eigenvalue weighted by molar-refractivity contribution is -0.139. The predicted octanol–water partition coefficient (Wildman–Crippen LogP) is 3.20. The van der Waals surface area contributed by atoms with Crippen LogP contribution in [-0.2, 0) is 11.4 Å². The van der Waals surface area contributed by atoms with Gasteiger partial charge in [-0.1, -0.05) is 17.3 Å². The second-order valence-corrected chi connectivity index (χ2v) is 7.84. The summed E-state index contributed by atoms with van der Waals surface area (Å²) in [5, 5.41) is 13.2. The quantitative estimate of drug-likeness (QED) is 0.851. The molecule has 1 aromatic heterocycles. The number of aromatic nitrogens is 1. The molecule has 1 aliphatic carbocycles. The first-order chi connectivity index (χ1) is 13.4. The van der Waals surface area contributed by atoms with Crippen LogP contribution >= 0.6 is 0 Å². The van der Waals surface area contributed by atoms with Gasteiger partial charge >= 0.3 is 5.97 Å². The van der Waals surface area contributed by atoms with Gasteiger partial charge in [-0.15, -0.1) is 0 Å². The largest absolute Gasteiger partial charge is 0.488 e. The fourth-order valence-electron chi connectivity index (χ4n) is 4.20. The molecule has 28 heavy (non-hydrogen) atoms. The average molecular weight is 384 g/mol. The van der Waals surface area contributed by atoms with Gasteiger partial charge in [0.2, 0.25) is 0 Å². The Morgan fingerprint density at radius 3 is 2.61 bits per heavy atom. The van der Waals surface area contributed by atoms with E-state index in [9.17, 15) is 14.7 Å². The molecule has 0 bridgehead atoms. The van der Waals surface area contributed by atoms with Gasteiger partial charge in [-0.3, -0.25) is 9.59 Å². The highest BCUT2D eigenvalue weighted by Crippen LogP contribution is 2.59. The van der Waals surface area contributed by atoms with E-state index in [4.69, 9.17) is 9.26 Å². The Kier molecular flexibility index (Phi) is 4.61. The fraction of sp³-hybridized carbons (Fsp3) is 0.476. The van der Waals surface area contributed by atoms with Crippen LogP contribution in [0.3, 0.4) is 0 Å². The zero-order valence-electron chi connectivity index (χ0n) is 16.1. The molecule has 0 radical (unpaired) electrons. The van der Waals surface area contributed by atoms with Crippen molar-refractivity contribution < 1.29 is 24.0 Å². The molecule has 148 valence electrons. The first kappa shape index (κ1) is 18.5. The van der Waals surface area contributed by atoms with Gasteiger partial charge in [0.25, 0.3) is 5.91 Å². The molecule has 7 nitrogen and oxygen atoms in total. The number of amides is 1. The number of hydrogen-bond donors (Lipinski definition) is 1. The lowest BCUT2D eigenvalue weighted by atomic mass is 9.90. The Morgan fingerprint density at radius 1 is 1.29 bits per heavy atom. The van der Waals surface area contributed by atoms with Crippen LogP contribution in [0.25, 0.3) is 0 Å². The van der Waals surface area contributed by atoms with Crippen LogP contribution in [0.15, 0.2) is 28.8 Å². The summed E-state index contributed by atoms with van der Waals surface area (Å²) in [6.07, 6.45) is 2.23. The first-order valence-corrected chi connectivity index (χ1v) is 9.57. The zero-order valence-corrected chi connectivity index (χ0v) is 16.1. The Morgan fingerprint density at radius 2 is 2.00 bits per heavy atom. The minimum Gasteiger partial charge on any atom is -0.488 e. The van der Waals surface area contributed by atoms with Crippen molar-refractivity contribution in [2.45, 2.75) is 39.7 Å². The van der Waals surface area contributed by atoms with E-state index in [0.29, 0.717) is 30.2 Å². The number of likely N-dealkylation sites (tertiary alicyclic amines) is 1. The molecule has 1 saturated carbocycles. The SMILES string of the molecule is Cc1noc(C)c1COc1ccccc1C(=O)N1CCC2(CC1)CC2C(=O)O. The number of carboxylic acid groups (broad SMARTS) is 1. The third-order valence-electron chi connectivity index (χ3n) is 6.20. The number of benzene rings is 1. The van der Waals surface area contributed by atoms with Gasteiger partial charge < -0.3 is 19.3 Å². The van der Waals surface area contributed by atoms with Crippen LogP contribution in [0.2, 0.25) is 0 Å². The lowest BCUT2D eigenvalue weighted by Gasteiger charge is -2.33. The molecule has 1 N–H and O–H groups in total. The normalized spacial score (nSPS) is 20.2. The summed E-state index contributed by atoms with van der Waals surface area (Å²) < 4.78 is 11.1. The van der Waals surface area contributed by atoms with Crippen LogP contribution in [-0.4, -0.2) is 40.1 Å². The van der Waals surface area contributed by atoms with Gasteiger partial charge in [-0.2, -0.15) is 0 Å². The Hall–Kier alpha value is -2.83. The molecular weight excluding hydrogens is 360 g/mol. The van der Waals surface area contributed by atoms with Crippen molar-refractivity contribution in [1.29, 1.82) is 0 Å². The Bertz CT molecular complexity index is 892. The van der Waals surface area contributed by atoms with Gasteiger partial charge in [0.15, 0.2) is 0 Å². The minimum atomic E-state index is -0.710. The van der Waals surface area contributed by atoms with E-state index < -0.39 is 5.97 Å². The van der Waals surface area contributed by atoms with Crippen molar-refractivity contribution in [2.75, 3.05) is 13.1 Å². The molecule has 1 aliphatic heterocycles. The summed E-state index contributed by atoms with van der Waals surface area (Å²) >= 11 is 0. The van der Waals surface area contributed by atoms with Gasteiger partial charge in [-0.05, 0) is 50.7 Å². The Labute approximate surface area is 163 Å². The number of rotatable bonds is 5. The highest BCUT2D eigenvalue weighted by atomic mass is 16.5. The van der Waals surface area contributed by atoms with Crippen molar-refractivity contribution in [1.82, 2.24) is 10.1 Å². The van der Waals surface area contributed by atoms with Crippen molar-refractivity contribution in [2.24, 2.45) is 11.3 Å². The second kappa shape index (κ2) is 6.96. The van der Waals surface area contributed by atoms with Crippen LogP contribution in [0.1, 0.15) is 46.6 Å². The molecule has 7 heteroatoms. The summed E-state index contributed by atoms with van der Waals surface area (Å²) in [5.74, 6) is 0.215. The third kappa shape index (κ3) is 3.25. The van der Waals surface area contributed by atoms with E-state index >= 15 is 0 Å². The highest BCUT2D eigenvalue weighted by Gasteiger charge is 2.59. The molecule has 1 unspecified atom stereocenters. The number of ether oxygens (including phenoxy) is 1. The maximum absolute atomic E-state index is 13.1. The monoisotopic (exact) mass is 384 g/mol. The summed E-state index contributed by atoms with van der Waals surface area (Å²) in [7, 11) is 0. The van der Waals surface area contributed by atoms with E-state index in [1.54, 1.807) is 17.0 Å². The molecule has 2 heterocycles. The maximum atomic E-state index is 13.1. The molecule has 1 amide bonds. The number of hydrogen-bond acceptors (Lipinski definition) is 5. The average Bonchev–Trinajstić information content (AvgIpc) is 3.30. The molecular formula is C21H24N2O5. The number of aliphatic carboxylic acids is 1. The van der Waals surface area contributed by atoms with Gasteiger partial charge in [0, 0.05) is 13.1 Å². The second-order valence-electron chi connectivity index (χ2n) is 7.84. The Balaban J connectivity index is 1.43. The van der Waals surface area contributed by atoms with Gasteiger partial charge in [-0.25, -0.2) is 0 Å². The topological polar surface area (TPSA) is 92.9 Å². The van der Waals surface area contributed by atoms with Crippen LogP contribution < -0.4 is 4.74 Å². The summed E-state index contributed by atoms with van der Waals surface area (Å²) in [5.41, 5.74) is 2.09. The van der Waals surface area contributed by atoms with Gasteiger partial charge in [0.1, 0.15) is 18.1 Å². The van der Waals surface area contributed by atoms with Crippen molar-refractivity contribution >= 4 is 11.9 Å². The van der Waals surface area contributed by atoms with E-state index in [1.807, 2.05) is 26.0 Å². The summed E-state index contributed by atoms with van der Waals surface area (Å²) in [4.78, 5) is 26.1. The molecule has 1 spiro atoms. The number of carboxylic acids is 1. The minimum absolute atomic E-state index is 0.0725. The van der Waals surface area contributed by atoms with Crippen LogP contribution in [0.4, 0.5) is 0 Å². The van der Waals surface area contributed by atoms with Crippen molar-refractivity contribution in [3.05, 3.63) is 46.8 Å². The molecule has 1 atom stereocenters. The first-order valence-electron chi connectivity index (χ1n) is 9.57. The van der Waals surface area contributed by atoms with Gasteiger partial charge in [0.05, 0.1) is 22.7 Å². The lowest BCUT2D eigenvalue weighted by Crippen LogP contribution is -2.40. The summed E-state index contributed by atoms with van der Waals surface area (Å²) in [6, 6.07) is 7.22. The van der Waals surface area contributed by atoms with E-state index in [-0.39, 0.29) is 23.8 Å². The van der Waals surface area contributed by atoms with Crippen molar-refractivity contribution in [3.63, 3.8) is 0 Å². The highest BCUT2D eigenvalue weighted by molar-refractivity contribution is 5.97.